The molecule has 1 amide bonds. The summed E-state index contributed by atoms with van der Waals surface area (Å²) in [6.45, 7) is 1.05. The first kappa shape index (κ1) is 7.84. The number of nitrogen functional groups attached to an aromatic ring is 1. The molecule has 4 N–H and O–H groups in total. The van der Waals surface area contributed by atoms with Crippen molar-refractivity contribution in [1.29, 1.82) is 0 Å². The van der Waals surface area contributed by atoms with E-state index in [0.29, 0.717) is 19.1 Å². The van der Waals surface area contributed by atoms with Crippen LogP contribution in [0.15, 0.2) is 4.42 Å². The van der Waals surface area contributed by atoms with Gasteiger partial charge in [0.1, 0.15) is 0 Å². The van der Waals surface area contributed by atoms with Crippen LogP contribution in [0.25, 0.3) is 0 Å². The van der Waals surface area contributed by atoms with Crippen molar-refractivity contribution in [3.8, 4) is 0 Å². The van der Waals surface area contributed by atoms with Crippen molar-refractivity contribution >= 4 is 17.9 Å². The van der Waals surface area contributed by atoms with Crippen molar-refractivity contribution in [2.24, 2.45) is 11.7 Å². The number of rotatable bonds is 2. The van der Waals surface area contributed by atoms with Crippen LogP contribution in [0, 0.1) is 5.92 Å². The number of nitrogens with two attached hydrogens (primary N) is 2. The number of amides is 1. The van der Waals surface area contributed by atoms with Gasteiger partial charge in [-0.1, -0.05) is 10.2 Å². The highest BCUT2D eigenvalue weighted by atomic mass is 16.4. The summed E-state index contributed by atoms with van der Waals surface area (Å²) in [7, 11) is 0. The van der Waals surface area contributed by atoms with Gasteiger partial charge < -0.3 is 20.8 Å². The first-order valence-corrected chi connectivity index (χ1v) is 3.80. The van der Waals surface area contributed by atoms with Crippen molar-refractivity contribution < 1.29 is 9.21 Å². The Kier molecular flexibility index (Phi) is 1.57. The Labute approximate surface area is 73.7 Å². The van der Waals surface area contributed by atoms with Gasteiger partial charge >= 0.3 is 12.0 Å². The third kappa shape index (κ3) is 1.28. The molecule has 0 unspecified atom stereocenters. The number of hydrogen-bond acceptors (Lipinski definition) is 6. The summed E-state index contributed by atoms with van der Waals surface area (Å²) in [6.07, 6.45) is 0. The van der Waals surface area contributed by atoms with E-state index in [-0.39, 0.29) is 17.8 Å². The third-order valence-corrected chi connectivity index (χ3v) is 1.98. The maximum absolute atomic E-state index is 10.7. The number of aromatic nitrogens is 2. The molecule has 13 heavy (non-hydrogen) atoms. The highest BCUT2D eigenvalue weighted by molar-refractivity contribution is 5.79. The normalized spacial score (nSPS) is 17.1. The minimum absolute atomic E-state index is 0.0255. The van der Waals surface area contributed by atoms with Crippen LogP contribution >= 0.6 is 0 Å². The Hall–Kier alpha value is -1.79. The second kappa shape index (κ2) is 2.61. The number of anilines is 2. The first-order chi connectivity index (χ1) is 6.16. The zero-order valence-corrected chi connectivity index (χ0v) is 6.80. The second-order valence-corrected chi connectivity index (χ2v) is 2.93. The average Bonchev–Trinajstić information content (AvgIpc) is 2.31. The molecule has 1 aromatic rings. The molecule has 0 spiro atoms. The molecule has 0 aromatic carbocycles. The molecule has 70 valence electrons. The minimum atomic E-state index is -0.302. The van der Waals surface area contributed by atoms with Crippen LogP contribution in [0.3, 0.4) is 0 Å². The van der Waals surface area contributed by atoms with Gasteiger partial charge in [-0.3, -0.25) is 4.79 Å². The molecule has 2 rings (SSSR count). The highest BCUT2D eigenvalue weighted by Gasteiger charge is 2.33. The number of nitrogens with zero attached hydrogens (tertiary/aromatic N) is 3. The van der Waals surface area contributed by atoms with Gasteiger partial charge in [-0.2, -0.15) is 0 Å². The lowest BCUT2D eigenvalue weighted by Gasteiger charge is -2.35. The molecule has 0 bridgehead atoms. The van der Waals surface area contributed by atoms with Gasteiger partial charge in [0.25, 0.3) is 0 Å². The van der Waals surface area contributed by atoms with E-state index in [1.807, 2.05) is 0 Å². The molecule has 1 fully saturated rings. The lowest BCUT2D eigenvalue weighted by Crippen LogP contribution is -2.52. The Morgan fingerprint density at radius 1 is 1.54 bits per heavy atom. The lowest BCUT2D eigenvalue weighted by molar-refractivity contribution is -0.122. The molecule has 0 aliphatic carbocycles. The number of carbonyl (C=O) groups is 1. The van der Waals surface area contributed by atoms with Crippen LogP contribution in [0.4, 0.5) is 12.0 Å². The molecule has 0 saturated carbocycles. The van der Waals surface area contributed by atoms with E-state index < -0.39 is 0 Å². The summed E-state index contributed by atoms with van der Waals surface area (Å²) >= 11 is 0. The summed E-state index contributed by atoms with van der Waals surface area (Å²) in [4.78, 5) is 12.4. The minimum Gasteiger partial charge on any atom is -0.390 e. The number of primary amides is 1. The second-order valence-electron chi connectivity index (χ2n) is 2.93. The van der Waals surface area contributed by atoms with Gasteiger partial charge in [0.2, 0.25) is 5.91 Å². The van der Waals surface area contributed by atoms with Crippen molar-refractivity contribution in [3.63, 3.8) is 0 Å². The number of hydrogen-bond donors (Lipinski definition) is 2. The van der Waals surface area contributed by atoms with Crippen LogP contribution in [0.5, 0.6) is 0 Å². The van der Waals surface area contributed by atoms with E-state index in [9.17, 15) is 4.79 Å². The van der Waals surface area contributed by atoms with E-state index in [1.165, 1.54) is 0 Å². The molecule has 0 atom stereocenters. The molecular weight excluding hydrogens is 174 g/mol. The molecule has 2 heterocycles. The quantitative estimate of drug-likeness (QED) is 0.581. The zero-order valence-electron chi connectivity index (χ0n) is 6.80. The Bertz CT molecular complexity index is 330. The van der Waals surface area contributed by atoms with E-state index in [4.69, 9.17) is 15.9 Å². The summed E-state index contributed by atoms with van der Waals surface area (Å²) in [5.41, 5.74) is 10.3. The van der Waals surface area contributed by atoms with Gasteiger partial charge in [0, 0.05) is 13.1 Å². The summed E-state index contributed by atoms with van der Waals surface area (Å²) in [5.74, 6) is -0.420. The van der Waals surface area contributed by atoms with Crippen molar-refractivity contribution in [2.75, 3.05) is 23.7 Å². The van der Waals surface area contributed by atoms with Gasteiger partial charge in [-0.05, 0) is 0 Å². The summed E-state index contributed by atoms with van der Waals surface area (Å²) in [6, 6.07) is 0.368. The molecule has 1 aliphatic rings. The van der Waals surface area contributed by atoms with Crippen molar-refractivity contribution in [3.05, 3.63) is 0 Å². The molecular formula is C6H9N5O2. The Morgan fingerprint density at radius 3 is 2.69 bits per heavy atom. The first-order valence-electron chi connectivity index (χ1n) is 3.80. The third-order valence-electron chi connectivity index (χ3n) is 1.98. The predicted molar refractivity (Wildman–Crippen MR) is 43.6 cm³/mol. The van der Waals surface area contributed by atoms with Crippen LogP contribution in [-0.4, -0.2) is 29.2 Å². The largest absolute Gasteiger partial charge is 0.390 e. The van der Waals surface area contributed by atoms with Gasteiger partial charge in [0.05, 0.1) is 5.92 Å². The molecule has 1 aromatic heterocycles. The fourth-order valence-corrected chi connectivity index (χ4v) is 1.17. The Morgan fingerprint density at radius 2 is 2.23 bits per heavy atom. The van der Waals surface area contributed by atoms with E-state index >= 15 is 0 Å². The van der Waals surface area contributed by atoms with Gasteiger partial charge in [-0.25, -0.2) is 0 Å². The van der Waals surface area contributed by atoms with Crippen LogP contribution < -0.4 is 16.4 Å². The average molecular weight is 183 g/mol. The molecule has 1 aliphatic heterocycles. The van der Waals surface area contributed by atoms with Gasteiger partial charge in [-0.15, -0.1) is 0 Å². The SMILES string of the molecule is NC(=O)C1CN(c2nnc(N)o2)C1. The molecule has 1 saturated heterocycles. The fourth-order valence-electron chi connectivity index (χ4n) is 1.17. The fraction of sp³-hybridized carbons (Fsp3) is 0.500. The highest BCUT2D eigenvalue weighted by Crippen LogP contribution is 2.23. The van der Waals surface area contributed by atoms with Crippen molar-refractivity contribution in [1.82, 2.24) is 10.2 Å². The van der Waals surface area contributed by atoms with E-state index in [2.05, 4.69) is 10.2 Å². The monoisotopic (exact) mass is 183 g/mol. The van der Waals surface area contributed by atoms with Crippen LogP contribution in [-0.2, 0) is 4.79 Å². The maximum atomic E-state index is 10.7. The predicted octanol–water partition coefficient (Wildman–Crippen LogP) is -1.43. The van der Waals surface area contributed by atoms with Crippen LogP contribution in [0.2, 0.25) is 0 Å². The molecule has 0 radical (unpaired) electrons. The molecule has 7 nitrogen and oxygen atoms in total. The Balaban J connectivity index is 1.97. The van der Waals surface area contributed by atoms with Gasteiger partial charge in [0.15, 0.2) is 0 Å². The standard InChI is InChI=1S/C6H9N5O2/c7-4(12)3-1-11(2-3)6-10-9-5(8)13-6/h3H,1-2H2,(H2,7,12)(H2,8,9). The lowest BCUT2D eigenvalue weighted by atomic mass is 10.0. The van der Waals surface area contributed by atoms with E-state index in [0.717, 1.165) is 0 Å². The van der Waals surface area contributed by atoms with Crippen molar-refractivity contribution in [2.45, 2.75) is 0 Å². The summed E-state index contributed by atoms with van der Waals surface area (Å²) < 4.78 is 4.94. The van der Waals surface area contributed by atoms with E-state index in [1.54, 1.807) is 4.90 Å². The zero-order chi connectivity index (χ0) is 9.42. The molecule has 7 heteroatoms. The van der Waals surface area contributed by atoms with Crippen LogP contribution in [0.1, 0.15) is 0 Å². The topological polar surface area (TPSA) is 111 Å². The summed E-state index contributed by atoms with van der Waals surface area (Å²) in [5, 5.41) is 7.16. The number of carbonyl (C=O) groups excluding carboxylic acids is 1. The smallest absolute Gasteiger partial charge is 0.319 e. The maximum Gasteiger partial charge on any atom is 0.319 e.